The second-order valence-corrected chi connectivity index (χ2v) is 10.1. The molecule has 0 saturated heterocycles. The van der Waals surface area contributed by atoms with Crippen LogP contribution in [0.5, 0.6) is 0 Å². The number of nitrogens with one attached hydrogen (secondary N) is 2. The molecule has 0 aliphatic rings. The third-order valence-corrected chi connectivity index (χ3v) is 7.17. The molecule has 9 nitrogen and oxygen atoms in total. The van der Waals surface area contributed by atoms with Crippen LogP contribution in [0, 0.1) is 12.1 Å². The largest absolute Gasteiger partial charge is 0.595 e. The van der Waals surface area contributed by atoms with E-state index in [0.717, 1.165) is 38.6 Å². The molecule has 40 heavy (non-hydrogen) atoms. The van der Waals surface area contributed by atoms with Crippen LogP contribution in [0.3, 0.4) is 0 Å². The van der Waals surface area contributed by atoms with E-state index in [1.807, 2.05) is 84.4 Å². The van der Waals surface area contributed by atoms with Crippen molar-refractivity contribution >= 4 is 46.1 Å². The second-order valence-electron chi connectivity index (χ2n) is 8.70. The number of benzene rings is 3. The average Bonchev–Trinajstić information content (AvgIpc) is 3.58. The average molecular weight is 568 g/mol. The maximum Gasteiger partial charge on any atom is 0.211 e. The molecule has 0 spiro atoms. The Morgan fingerprint density at radius 2 is 1.70 bits per heavy atom. The van der Waals surface area contributed by atoms with Gasteiger partial charge in [-0.1, -0.05) is 78.1 Å². The normalized spacial score (nSPS) is 12.5. The number of nitrogens with two attached hydrogens (primary N) is 1. The minimum Gasteiger partial charge on any atom is -0.595 e. The van der Waals surface area contributed by atoms with E-state index in [-0.39, 0.29) is 10.8 Å². The Kier molecular flexibility index (Phi) is 8.20. The number of aromatic nitrogens is 3. The third kappa shape index (κ3) is 6.20. The van der Waals surface area contributed by atoms with Gasteiger partial charge in [0.15, 0.2) is 10.8 Å². The molecule has 5 N–H and O–H groups in total. The number of hydrogen-bond acceptors (Lipinski definition) is 7. The van der Waals surface area contributed by atoms with Crippen LogP contribution < -0.4 is 16.4 Å². The Labute approximate surface area is 240 Å². The molecular weight excluding hydrogens is 543 g/mol. The summed E-state index contributed by atoms with van der Waals surface area (Å²) in [5, 5.41) is 29.4. The Morgan fingerprint density at radius 3 is 2.33 bits per heavy atom. The Hall–Kier alpha value is -4.52. The highest BCUT2D eigenvalue weighted by Crippen LogP contribution is 2.31. The number of hydrazone groups is 1. The summed E-state index contributed by atoms with van der Waals surface area (Å²) in [4.78, 5) is 5.65. The fourth-order valence-corrected chi connectivity index (χ4v) is 5.04. The van der Waals surface area contributed by atoms with Crippen molar-refractivity contribution in [3.63, 3.8) is 0 Å². The van der Waals surface area contributed by atoms with Gasteiger partial charge in [0.25, 0.3) is 0 Å². The summed E-state index contributed by atoms with van der Waals surface area (Å²) in [5.74, 6) is 0. The van der Waals surface area contributed by atoms with E-state index in [1.54, 1.807) is 24.3 Å². The molecule has 5 rings (SSSR count). The predicted molar refractivity (Wildman–Crippen MR) is 163 cm³/mol. The summed E-state index contributed by atoms with van der Waals surface area (Å²) >= 11 is 6.41. The van der Waals surface area contributed by atoms with Gasteiger partial charge in [-0.3, -0.25) is 5.43 Å². The fraction of sp³-hybridized carbons (Fsp3) is 0.0345. The second kappa shape index (κ2) is 12.1. The highest BCUT2D eigenvalue weighted by atomic mass is 32.1. The monoisotopic (exact) mass is 567 g/mol. The Morgan fingerprint density at radius 1 is 1.05 bits per heavy atom. The van der Waals surface area contributed by atoms with Gasteiger partial charge in [0.05, 0.1) is 22.0 Å². The first-order valence-corrected chi connectivity index (χ1v) is 13.4. The number of allylic oxidation sites excluding steroid dienone is 1. The molecular formula is C29H25N7O2S2. The summed E-state index contributed by atoms with van der Waals surface area (Å²) in [6.45, 7) is 1.91. The van der Waals surface area contributed by atoms with Crippen molar-refractivity contribution in [1.82, 2.24) is 20.2 Å². The fourth-order valence-electron chi connectivity index (χ4n) is 3.99. The number of quaternary nitrogens is 1. The van der Waals surface area contributed by atoms with Gasteiger partial charge < -0.3 is 10.9 Å². The van der Waals surface area contributed by atoms with Crippen LogP contribution in [0.1, 0.15) is 16.1 Å². The zero-order valence-corrected chi connectivity index (χ0v) is 23.0. The van der Waals surface area contributed by atoms with E-state index in [0.29, 0.717) is 10.8 Å². The molecule has 0 aliphatic carbocycles. The minimum absolute atomic E-state index is 0.0324. The van der Waals surface area contributed by atoms with Gasteiger partial charge in [-0.05, 0) is 49.0 Å². The van der Waals surface area contributed by atoms with Crippen LogP contribution in [-0.4, -0.2) is 30.8 Å². The van der Waals surface area contributed by atoms with E-state index in [1.165, 1.54) is 11.3 Å². The van der Waals surface area contributed by atoms with Gasteiger partial charge in [-0.15, -0.1) is 0 Å². The minimum atomic E-state index is -0.977. The maximum absolute atomic E-state index is 11.2. The molecule has 2 heterocycles. The molecule has 0 saturated carbocycles. The molecule has 1 atom stereocenters. The smallest absolute Gasteiger partial charge is 0.211 e. The first-order valence-electron chi connectivity index (χ1n) is 12.2. The number of nitrogens with zero attached hydrogens (tertiary/aromatic N) is 4. The van der Waals surface area contributed by atoms with E-state index in [4.69, 9.17) is 33.2 Å². The van der Waals surface area contributed by atoms with Gasteiger partial charge in [0, 0.05) is 23.3 Å². The molecule has 0 amide bonds. The van der Waals surface area contributed by atoms with E-state index in [2.05, 4.69) is 16.6 Å². The summed E-state index contributed by atoms with van der Waals surface area (Å²) in [6, 6.07) is 28.7. The molecule has 11 heteroatoms. The summed E-state index contributed by atoms with van der Waals surface area (Å²) in [5.41, 5.74) is 14.4. The lowest BCUT2D eigenvalue weighted by Gasteiger charge is -2.10. The molecule has 2 aromatic heterocycles. The topological polar surface area (TPSA) is 129 Å². The van der Waals surface area contributed by atoms with Crippen molar-refractivity contribution in [2.75, 3.05) is 0 Å². The first kappa shape index (κ1) is 27.1. The Bertz CT molecular complexity index is 1680. The number of thiazole rings is 1. The molecule has 0 fully saturated rings. The van der Waals surface area contributed by atoms with Crippen molar-refractivity contribution in [1.29, 1.82) is 0 Å². The molecule has 0 bridgehead atoms. The van der Waals surface area contributed by atoms with Gasteiger partial charge >= 0.3 is 0 Å². The molecule has 0 aliphatic heterocycles. The number of rotatable bonds is 8. The lowest BCUT2D eigenvalue weighted by atomic mass is 10.1. The third-order valence-electron chi connectivity index (χ3n) is 5.93. The summed E-state index contributed by atoms with van der Waals surface area (Å²) in [6.07, 6.45) is 3.64. The zero-order chi connectivity index (χ0) is 28.1. The SMILES string of the molecule is Cc1nc(-n2nc(-c3ccccc3)cc2-c2ccccc2)sc1C(/C=C\c1ccc([NH+]([O-])O)cc1)=N/NC(N)=S. The van der Waals surface area contributed by atoms with E-state index in [9.17, 15) is 5.21 Å². The van der Waals surface area contributed by atoms with Crippen molar-refractivity contribution in [2.45, 2.75) is 6.92 Å². The van der Waals surface area contributed by atoms with Crippen LogP contribution >= 0.6 is 23.6 Å². The van der Waals surface area contributed by atoms with Gasteiger partial charge in [-0.25, -0.2) is 14.9 Å². The number of thiocarbonyl (C=S) groups is 1. The molecule has 1 unspecified atom stereocenters. The standard InChI is InChI=1S/C29H25N7O2S2/c1-19-27(24(32-33-28(30)39)17-14-20-12-15-23(16-13-20)36(37)38)40-29(31-19)35-26(22-10-6-3-7-11-22)18-25(34-35)21-8-4-2-5-9-21/h2-18,36-37H,1H3,(H3,30,33,39)/b17-14-,32-24+. The van der Waals surface area contributed by atoms with Crippen LogP contribution in [0.25, 0.3) is 33.7 Å². The predicted octanol–water partition coefficient (Wildman–Crippen LogP) is 4.63. The van der Waals surface area contributed by atoms with Crippen molar-refractivity contribution in [2.24, 2.45) is 10.8 Å². The van der Waals surface area contributed by atoms with Crippen molar-refractivity contribution in [3.05, 3.63) is 118 Å². The summed E-state index contributed by atoms with van der Waals surface area (Å²) < 4.78 is 1.85. The number of hydrogen-bond donors (Lipinski definition) is 4. The highest BCUT2D eigenvalue weighted by Gasteiger charge is 2.19. The van der Waals surface area contributed by atoms with E-state index >= 15 is 0 Å². The lowest BCUT2D eigenvalue weighted by molar-refractivity contribution is -0.991. The summed E-state index contributed by atoms with van der Waals surface area (Å²) in [7, 11) is 0. The van der Waals surface area contributed by atoms with Gasteiger partial charge in [-0.2, -0.15) is 15.4 Å². The van der Waals surface area contributed by atoms with Gasteiger partial charge in [0.2, 0.25) is 5.13 Å². The van der Waals surface area contributed by atoms with Crippen molar-refractivity contribution in [3.8, 4) is 27.6 Å². The molecule has 0 radical (unpaired) electrons. The van der Waals surface area contributed by atoms with Crippen molar-refractivity contribution < 1.29 is 10.4 Å². The van der Waals surface area contributed by atoms with E-state index < -0.39 is 5.23 Å². The number of aryl methyl sites for hydroxylation is 1. The van der Waals surface area contributed by atoms with Gasteiger partial charge in [0.1, 0.15) is 5.71 Å². The molecule has 200 valence electrons. The Balaban J connectivity index is 1.56. The quantitative estimate of drug-likeness (QED) is 0.122. The van der Waals surface area contributed by atoms with Crippen LogP contribution in [0.4, 0.5) is 5.69 Å². The highest BCUT2D eigenvalue weighted by molar-refractivity contribution is 7.80. The van der Waals surface area contributed by atoms with Crippen LogP contribution in [-0.2, 0) is 0 Å². The first-order chi connectivity index (χ1) is 19.4. The lowest BCUT2D eigenvalue weighted by Crippen LogP contribution is -2.99. The zero-order valence-electron chi connectivity index (χ0n) is 21.4. The van der Waals surface area contributed by atoms with Crippen LogP contribution in [0.2, 0.25) is 0 Å². The molecule has 5 aromatic rings. The maximum atomic E-state index is 11.2. The molecule has 3 aromatic carbocycles. The van der Waals surface area contributed by atoms with Crippen LogP contribution in [0.15, 0.2) is 102 Å².